The zero-order chi connectivity index (χ0) is 33.1. The zero-order valence-corrected chi connectivity index (χ0v) is 27.8. The Bertz CT molecular complexity index is 1300. The summed E-state index contributed by atoms with van der Waals surface area (Å²) in [7, 11) is 0. The second-order valence-corrected chi connectivity index (χ2v) is 13.6. The van der Waals surface area contributed by atoms with E-state index in [1.54, 1.807) is 62.1 Å². The molecule has 0 bridgehead atoms. The molecule has 45 heavy (non-hydrogen) atoms. The second-order valence-electron chi connectivity index (χ2n) is 13.6. The molecule has 1 saturated carbocycles. The van der Waals surface area contributed by atoms with Gasteiger partial charge in [-0.25, -0.2) is 4.79 Å². The average molecular weight is 618 g/mol. The van der Waals surface area contributed by atoms with E-state index < -0.39 is 29.7 Å². The molecule has 0 aliphatic heterocycles. The van der Waals surface area contributed by atoms with Gasteiger partial charge in [0.1, 0.15) is 23.4 Å². The van der Waals surface area contributed by atoms with Gasteiger partial charge in [0.15, 0.2) is 0 Å². The fourth-order valence-corrected chi connectivity index (χ4v) is 5.74. The summed E-state index contributed by atoms with van der Waals surface area (Å²) in [5, 5.41) is 15.9. The number of nitrogens with zero attached hydrogens (tertiary/aromatic N) is 1. The van der Waals surface area contributed by atoms with E-state index in [-0.39, 0.29) is 30.2 Å². The fourth-order valence-electron chi connectivity index (χ4n) is 5.74. The molecular formula is C37H51N3O5. The van der Waals surface area contributed by atoms with Gasteiger partial charge in [0, 0.05) is 24.1 Å². The first-order chi connectivity index (χ1) is 21.3. The maximum atomic E-state index is 14.8. The minimum Gasteiger partial charge on any atom is -0.508 e. The molecule has 8 heteroatoms. The third-order valence-corrected chi connectivity index (χ3v) is 8.13. The molecule has 0 aromatic heterocycles. The molecule has 0 saturated heterocycles. The molecule has 2 aromatic rings. The third-order valence-electron chi connectivity index (χ3n) is 8.13. The van der Waals surface area contributed by atoms with Crippen LogP contribution in [0.2, 0.25) is 0 Å². The highest BCUT2D eigenvalue weighted by Gasteiger charge is 2.39. The van der Waals surface area contributed by atoms with E-state index in [4.69, 9.17) is 11.2 Å². The summed E-state index contributed by atoms with van der Waals surface area (Å²) < 4.78 is 5.55. The summed E-state index contributed by atoms with van der Waals surface area (Å²) in [6.07, 6.45) is 11.6. The van der Waals surface area contributed by atoms with Gasteiger partial charge in [-0.15, -0.1) is 6.42 Å². The van der Waals surface area contributed by atoms with Crippen LogP contribution >= 0.6 is 0 Å². The molecule has 0 radical (unpaired) electrons. The number of carbonyl (C=O) groups is 3. The predicted molar refractivity (Wildman–Crippen MR) is 177 cm³/mol. The van der Waals surface area contributed by atoms with Crippen LogP contribution in [0.1, 0.15) is 109 Å². The molecule has 1 aliphatic rings. The van der Waals surface area contributed by atoms with Crippen molar-refractivity contribution in [3.63, 3.8) is 0 Å². The number of nitrogens with one attached hydrogen (secondary N) is 2. The third kappa shape index (κ3) is 11.1. The molecule has 0 spiro atoms. The molecule has 1 fully saturated rings. The van der Waals surface area contributed by atoms with Crippen LogP contribution in [0.25, 0.3) is 0 Å². The maximum Gasteiger partial charge on any atom is 0.408 e. The van der Waals surface area contributed by atoms with Crippen molar-refractivity contribution < 1.29 is 24.2 Å². The van der Waals surface area contributed by atoms with Gasteiger partial charge in [0.25, 0.3) is 0 Å². The van der Waals surface area contributed by atoms with Crippen molar-refractivity contribution in [2.45, 2.75) is 123 Å². The molecule has 8 nitrogen and oxygen atoms in total. The Morgan fingerprint density at radius 1 is 0.978 bits per heavy atom. The molecule has 244 valence electrons. The van der Waals surface area contributed by atoms with Gasteiger partial charge in [-0.3, -0.25) is 9.59 Å². The number of rotatable bonds is 12. The van der Waals surface area contributed by atoms with Crippen LogP contribution < -0.4 is 10.6 Å². The molecular weight excluding hydrogens is 566 g/mol. The molecule has 3 unspecified atom stereocenters. The van der Waals surface area contributed by atoms with Gasteiger partial charge in [-0.05, 0) is 94.7 Å². The smallest absolute Gasteiger partial charge is 0.408 e. The van der Waals surface area contributed by atoms with Crippen molar-refractivity contribution in [2.24, 2.45) is 5.92 Å². The Morgan fingerprint density at radius 3 is 2.16 bits per heavy atom. The number of ether oxygens (including phenoxy) is 1. The maximum absolute atomic E-state index is 14.8. The van der Waals surface area contributed by atoms with Crippen LogP contribution in [-0.4, -0.2) is 51.6 Å². The van der Waals surface area contributed by atoms with E-state index >= 15 is 0 Å². The lowest BCUT2D eigenvalue weighted by atomic mass is 9.93. The Labute approximate surface area is 269 Å². The summed E-state index contributed by atoms with van der Waals surface area (Å²) in [5.41, 5.74) is 1.28. The Balaban J connectivity index is 2.10. The number of amides is 3. The number of phenolic OH excluding ortho intramolecular Hbond substituents is 1. The van der Waals surface area contributed by atoms with Gasteiger partial charge in [0.2, 0.25) is 11.8 Å². The number of alkyl carbamates (subject to hydrolysis) is 1. The number of hydrogen-bond acceptors (Lipinski definition) is 5. The van der Waals surface area contributed by atoms with Crippen LogP contribution in [0.5, 0.6) is 5.75 Å². The van der Waals surface area contributed by atoms with Crippen molar-refractivity contribution in [2.75, 3.05) is 0 Å². The number of hydrogen-bond donors (Lipinski definition) is 3. The minimum absolute atomic E-state index is 0.0364. The summed E-state index contributed by atoms with van der Waals surface area (Å²) >= 11 is 0. The first-order valence-corrected chi connectivity index (χ1v) is 16.2. The van der Waals surface area contributed by atoms with E-state index in [1.165, 1.54) is 0 Å². The molecule has 3 amide bonds. The quantitative estimate of drug-likeness (QED) is 0.231. The highest BCUT2D eigenvalue weighted by Crippen LogP contribution is 2.29. The van der Waals surface area contributed by atoms with E-state index in [0.717, 1.165) is 44.1 Å². The van der Waals surface area contributed by atoms with Crippen molar-refractivity contribution >= 4 is 17.9 Å². The average Bonchev–Trinajstić information content (AvgIpc) is 2.98. The molecule has 3 atom stereocenters. The van der Waals surface area contributed by atoms with Crippen LogP contribution in [0.3, 0.4) is 0 Å². The van der Waals surface area contributed by atoms with Crippen molar-refractivity contribution in [1.29, 1.82) is 0 Å². The first kappa shape index (κ1) is 35.5. The van der Waals surface area contributed by atoms with E-state index in [9.17, 15) is 19.5 Å². The number of terminal acetylenes is 1. The molecule has 3 N–H and O–H groups in total. The van der Waals surface area contributed by atoms with E-state index in [0.29, 0.717) is 23.5 Å². The van der Waals surface area contributed by atoms with Crippen molar-refractivity contribution in [3.8, 4) is 18.1 Å². The lowest BCUT2D eigenvalue weighted by Gasteiger charge is -2.39. The van der Waals surface area contributed by atoms with E-state index in [1.807, 2.05) is 19.1 Å². The van der Waals surface area contributed by atoms with Gasteiger partial charge >= 0.3 is 6.09 Å². The van der Waals surface area contributed by atoms with Crippen LogP contribution in [0.15, 0.2) is 48.5 Å². The van der Waals surface area contributed by atoms with Crippen LogP contribution in [0.4, 0.5) is 4.79 Å². The topological polar surface area (TPSA) is 108 Å². The van der Waals surface area contributed by atoms with E-state index in [2.05, 4.69) is 30.4 Å². The monoisotopic (exact) mass is 617 g/mol. The molecule has 3 rings (SSSR count). The largest absolute Gasteiger partial charge is 0.508 e. The van der Waals surface area contributed by atoms with Gasteiger partial charge < -0.3 is 25.4 Å². The van der Waals surface area contributed by atoms with Crippen molar-refractivity contribution in [3.05, 3.63) is 65.2 Å². The minimum atomic E-state index is -1.04. The van der Waals surface area contributed by atoms with Gasteiger partial charge in [-0.2, -0.15) is 0 Å². The van der Waals surface area contributed by atoms with Gasteiger partial charge in [0.05, 0.1) is 0 Å². The zero-order valence-electron chi connectivity index (χ0n) is 27.8. The summed E-state index contributed by atoms with van der Waals surface area (Å²) in [4.78, 5) is 43.9. The Hall–Kier alpha value is -3.99. The van der Waals surface area contributed by atoms with Crippen LogP contribution in [-0.2, 0) is 20.7 Å². The summed E-state index contributed by atoms with van der Waals surface area (Å²) in [6.45, 7) is 11.5. The summed E-state index contributed by atoms with van der Waals surface area (Å²) in [6, 6.07) is 11.4. The predicted octanol–water partition coefficient (Wildman–Crippen LogP) is 6.65. The molecule has 1 aliphatic carbocycles. The van der Waals surface area contributed by atoms with Gasteiger partial charge in [-0.1, -0.05) is 63.3 Å². The Morgan fingerprint density at radius 2 is 1.60 bits per heavy atom. The molecule has 0 heterocycles. The van der Waals surface area contributed by atoms with Crippen LogP contribution in [0, 0.1) is 18.3 Å². The van der Waals surface area contributed by atoms with Crippen molar-refractivity contribution in [1.82, 2.24) is 15.5 Å². The second kappa shape index (κ2) is 16.4. The standard InChI is InChI=1S/C37H51N3O5/c1-8-27-16-20-29(21-17-27)33(34(42)38-30-12-10-9-11-13-30)40(26(4)15-14-25(2)3)35(43)32(39-36(44)45-37(5,6)7)24-28-18-22-31(41)23-19-28/h1,16-23,25-26,30,32-33,41H,9-15,24H2,2-7H3,(H,38,42)(H,39,44). The normalized spacial score (nSPS) is 15.8. The number of benzene rings is 2. The number of phenols is 1. The number of carbonyl (C=O) groups excluding carboxylic acids is 3. The summed E-state index contributed by atoms with van der Waals surface area (Å²) in [5.74, 6) is 2.47. The SMILES string of the molecule is C#Cc1ccc(C(C(=O)NC2CCCCC2)N(C(=O)C(Cc2ccc(O)cc2)NC(=O)OC(C)(C)C)C(C)CCC(C)C)cc1. The molecule has 2 aromatic carbocycles. The first-order valence-electron chi connectivity index (χ1n) is 16.2. The lowest BCUT2D eigenvalue weighted by molar-refractivity contribution is -0.145. The lowest BCUT2D eigenvalue weighted by Crippen LogP contribution is -2.57. The number of aromatic hydroxyl groups is 1. The highest BCUT2D eigenvalue weighted by atomic mass is 16.6. The Kier molecular flexibility index (Phi) is 12.9. The highest BCUT2D eigenvalue weighted by molar-refractivity contribution is 5.92. The fraction of sp³-hybridized carbons (Fsp3) is 0.541.